The molecule has 1 saturated carbocycles. The average Bonchev–Trinajstić information content (AvgIpc) is 3.65. The number of aromatic nitrogens is 2. The van der Waals surface area contributed by atoms with Crippen molar-refractivity contribution in [1.29, 1.82) is 0 Å². The van der Waals surface area contributed by atoms with Crippen molar-refractivity contribution >= 4 is 0 Å². The third-order valence-corrected chi connectivity index (χ3v) is 6.17. The molecule has 1 aliphatic carbocycles. The minimum Gasteiger partial charge on any atom is -0.497 e. The van der Waals surface area contributed by atoms with Gasteiger partial charge in [0.15, 0.2) is 0 Å². The second-order valence-corrected chi connectivity index (χ2v) is 8.85. The zero-order chi connectivity index (χ0) is 23.2. The number of unbranched alkanes of at least 4 members (excludes halogenated alkanes) is 1. The normalized spacial score (nSPS) is 14.5. The zero-order valence-corrected chi connectivity index (χ0v) is 19.9. The molecule has 1 aromatic heterocycles. The van der Waals surface area contributed by atoms with Gasteiger partial charge in [-0.05, 0) is 62.6 Å². The van der Waals surface area contributed by atoms with Crippen molar-refractivity contribution in [2.45, 2.75) is 64.6 Å². The first-order chi connectivity index (χ1) is 16.1. The summed E-state index contributed by atoms with van der Waals surface area (Å²) in [4.78, 5) is 2.40. The first kappa shape index (κ1) is 23.3. The molecule has 1 unspecified atom stereocenters. The summed E-state index contributed by atoms with van der Waals surface area (Å²) >= 11 is 0. The summed E-state index contributed by atoms with van der Waals surface area (Å²) in [6.07, 6.45) is 5.06. The summed E-state index contributed by atoms with van der Waals surface area (Å²) in [6.45, 7) is 5.59. The number of methoxy groups -OCH3 is 1. The average molecular weight is 450 g/mol. The topological polar surface area (TPSA) is 59.8 Å². The quantitative estimate of drug-likeness (QED) is 0.396. The van der Waals surface area contributed by atoms with E-state index in [1.54, 1.807) is 7.11 Å². The first-order valence-electron chi connectivity index (χ1n) is 12.0. The molecule has 1 aliphatic rings. The predicted octanol–water partition coefficient (Wildman–Crippen LogP) is 5.50. The molecular weight excluding hydrogens is 414 g/mol. The highest BCUT2D eigenvalue weighted by molar-refractivity contribution is 5.44. The second-order valence-electron chi connectivity index (χ2n) is 8.85. The van der Waals surface area contributed by atoms with Crippen molar-refractivity contribution in [2.75, 3.05) is 13.7 Å². The molecule has 1 atom stereocenters. The molecule has 1 fully saturated rings. The lowest BCUT2D eigenvalue weighted by molar-refractivity contribution is 0.0949. The fraction of sp³-hybridized carbons (Fsp3) is 0.444. The van der Waals surface area contributed by atoms with E-state index in [0.29, 0.717) is 19.1 Å². The summed E-state index contributed by atoms with van der Waals surface area (Å²) in [5, 5.41) is 15.5. The number of nitrogens with zero attached hydrogens (tertiary/aromatic N) is 3. The number of aliphatic hydroxyl groups is 1. The molecule has 0 spiro atoms. The summed E-state index contributed by atoms with van der Waals surface area (Å²) in [5.41, 5.74) is 2.96. The molecule has 1 N–H and O–H groups in total. The molecule has 2 aromatic carbocycles. The van der Waals surface area contributed by atoms with E-state index in [0.717, 1.165) is 53.6 Å². The molecule has 0 radical (unpaired) electrons. The van der Waals surface area contributed by atoms with Crippen LogP contribution in [-0.4, -0.2) is 45.6 Å². The van der Waals surface area contributed by atoms with Gasteiger partial charge in [0.2, 0.25) is 5.88 Å². The van der Waals surface area contributed by atoms with Crippen LogP contribution in [-0.2, 0) is 6.54 Å². The van der Waals surface area contributed by atoms with Crippen LogP contribution in [0.5, 0.6) is 17.4 Å². The highest BCUT2D eigenvalue weighted by atomic mass is 16.5. The van der Waals surface area contributed by atoms with E-state index in [1.165, 1.54) is 12.8 Å². The Morgan fingerprint density at radius 3 is 2.42 bits per heavy atom. The van der Waals surface area contributed by atoms with Gasteiger partial charge < -0.3 is 14.6 Å². The number of para-hydroxylation sites is 1. The van der Waals surface area contributed by atoms with E-state index >= 15 is 0 Å². The Morgan fingerprint density at radius 2 is 1.79 bits per heavy atom. The fourth-order valence-corrected chi connectivity index (χ4v) is 4.11. The van der Waals surface area contributed by atoms with Crippen LogP contribution < -0.4 is 9.47 Å². The molecule has 0 bridgehead atoms. The maximum absolute atomic E-state index is 10.6. The maximum atomic E-state index is 10.6. The third-order valence-electron chi connectivity index (χ3n) is 6.17. The summed E-state index contributed by atoms with van der Waals surface area (Å²) in [7, 11) is 1.66. The maximum Gasteiger partial charge on any atom is 0.227 e. The van der Waals surface area contributed by atoms with Crippen LogP contribution in [0.2, 0.25) is 0 Å². The lowest BCUT2D eigenvalue weighted by Gasteiger charge is -2.25. The highest BCUT2D eigenvalue weighted by Gasteiger charge is 2.32. The van der Waals surface area contributed by atoms with Gasteiger partial charge in [0.25, 0.3) is 0 Å². The Hall–Kier alpha value is -2.83. The Morgan fingerprint density at radius 1 is 1.09 bits per heavy atom. The number of hydrogen-bond donors (Lipinski definition) is 1. The van der Waals surface area contributed by atoms with E-state index in [2.05, 4.69) is 11.8 Å². The summed E-state index contributed by atoms with van der Waals surface area (Å²) in [5.74, 6) is 2.24. The van der Waals surface area contributed by atoms with Crippen LogP contribution in [0, 0.1) is 6.92 Å². The summed E-state index contributed by atoms with van der Waals surface area (Å²) in [6, 6.07) is 18.2. The van der Waals surface area contributed by atoms with Gasteiger partial charge in [0.05, 0.1) is 30.2 Å². The minimum absolute atomic E-state index is 0.305. The number of rotatable bonds is 12. The van der Waals surface area contributed by atoms with E-state index in [1.807, 2.05) is 66.2 Å². The van der Waals surface area contributed by atoms with E-state index in [-0.39, 0.29) is 6.10 Å². The van der Waals surface area contributed by atoms with Crippen molar-refractivity contribution in [2.24, 2.45) is 0 Å². The molecular formula is C27H35N3O3. The molecule has 4 rings (SSSR count). The molecule has 6 nitrogen and oxygen atoms in total. The fourth-order valence-electron chi connectivity index (χ4n) is 4.11. The third kappa shape index (κ3) is 5.95. The van der Waals surface area contributed by atoms with Crippen LogP contribution in [0.3, 0.4) is 0 Å². The van der Waals surface area contributed by atoms with Gasteiger partial charge in [-0.15, -0.1) is 0 Å². The molecule has 0 aliphatic heterocycles. The number of aryl methyl sites for hydroxylation is 1. The molecule has 6 heteroatoms. The van der Waals surface area contributed by atoms with Crippen molar-refractivity contribution in [1.82, 2.24) is 14.7 Å². The van der Waals surface area contributed by atoms with Gasteiger partial charge in [-0.3, -0.25) is 4.90 Å². The van der Waals surface area contributed by atoms with E-state index < -0.39 is 0 Å². The summed E-state index contributed by atoms with van der Waals surface area (Å²) < 4.78 is 13.6. The Bertz CT molecular complexity index is 1010. The van der Waals surface area contributed by atoms with Gasteiger partial charge >= 0.3 is 0 Å². The number of aliphatic hydroxyl groups excluding tert-OH is 1. The van der Waals surface area contributed by atoms with Gasteiger partial charge in [0, 0.05) is 19.1 Å². The largest absolute Gasteiger partial charge is 0.497 e. The molecule has 3 aromatic rings. The van der Waals surface area contributed by atoms with Crippen LogP contribution >= 0.6 is 0 Å². The van der Waals surface area contributed by atoms with Crippen LogP contribution in [0.25, 0.3) is 5.69 Å². The van der Waals surface area contributed by atoms with Crippen LogP contribution in [0.1, 0.15) is 50.3 Å². The van der Waals surface area contributed by atoms with Gasteiger partial charge in [-0.1, -0.05) is 38.0 Å². The van der Waals surface area contributed by atoms with Gasteiger partial charge in [0.1, 0.15) is 11.5 Å². The number of ether oxygens (including phenoxy) is 2. The van der Waals surface area contributed by atoms with Crippen molar-refractivity contribution in [3.63, 3.8) is 0 Å². The van der Waals surface area contributed by atoms with Crippen LogP contribution in [0.15, 0.2) is 54.6 Å². The van der Waals surface area contributed by atoms with Crippen molar-refractivity contribution in [3.05, 3.63) is 65.9 Å². The molecule has 1 heterocycles. The smallest absolute Gasteiger partial charge is 0.227 e. The first-order valence-corrected chi connectivity index (χ1v) is 12.0. The Kier molecular flexibility index (Phi) is 7.68. The minimum atomic E-state index is -0.305. The van der Waals surface area contributed by atoms with Crippen molar-refractivity contribution < 1.29 is 14.6 Å². The second kappa shape index (κ2) is 10.9. The standard InChI is InChI=1S/C27H35N3O3/c1-4-5-11-23(31)18-29(21-12-13-21)19-26-20(2)28-30(22-9-7-6-8-10-22)27(26)33-25-16-14-24(32-3)15-17-25/h6-10,14-17,21,23,31H,4-5,11-13,18-19H2,1-3H3. The van der Waals surface area contributed by atoms with Crippen LogP contribution in [0.4, 0.5) is 0 Å². The molecule has 33 heavy (non-hydrogen) atoms. The van der Waals surface area contributed by atoms with E-state index in [4.69, 9.17) is 14.6 Å². The van der Waals surface area contributed by atoms with Gasteiger partial charge in [-0.25, -0.2) is 4.68 Å². The monoisotopic (exact) mass is 449 g/mol. The lowest BCUT2D eigenvalue weighted by Crippen LogP contribution is -2.34. The molecule has 0 saturated heterocycles. The predicted molar refractivity (Wildman–Crippen MR) is 130 cm³/mol. The lowest BCUT2D eigenvalue weighted by atomic mass is 10.1. The zero-order valence-electron chi connectivity index (χ0n) is 19.9. The van der Waals surface area contributed by atoms with Gasteiger partial charge in [-0.2, -0.15) is 5.10 Å². The molecule has 176 valence electrons. The highest BCUT2D eigenvalue weighted by Crippen LogP contribution is 2.35. The van der Waals surface area contributed by atoms with Crippen molar-refractivity contribution in [3.8, 4) is 23.1 Å². The SMILES string of the molecule is CCCCC(O)CN(Cc1c(C)nn(-c2ccccc2)c1Oc1ccc(OC)cc1)C1CC1. The molecule has 0 amide bonds. The number of hydrogen-bond acceptors (Lipinski definition) is 5. The Labute approximate surface area is 196 Å². The Balaban J connectivity index is 1.65. The van der Waals surface area contributed by atoms with E-state index in [9.17, 15) is 5.11 Å². The number of benzene rings is 2.